The molecule has 0 aliphatic heterocycles. The van der Waals surface area contributed by atoms with Crippen LogP contribution in [0.3, 0.4) is 0 Å². The fourth-order valence-corrected chi connectivity index (χ4v) is 14.6. The largest absolute Gasteiger partial charge is 0.550 e. The second-order valence-corrected chi connectivity index (χ2v) is 28.6. The van der Waals surface area contributed by atoms with E-state index in [0.717, 1.165) is 49.4 Å². The maximum absolute atomic E-state index is 11.8. The predicted molar refractivity (Wildman–Crippen MR) is 358 cm³/mol. The summed E-state index contributed by atoms with van der Waals surface area (Å²) in [5, 5.41) is 22.5. The van der Waals surface area contributed by atoms with Gasteiger partial charge in [-0.3, -0.25) is 0 Å². The highest BCUT2D eigenvalue weighted by Crippen LogP contribution is 2.47. The number of carboxylic acids is 1. The van der Waals surface area contributed by atoms with E-state index >= 15 is 0 Å². The van der Waals surface area contributed by atoms with E-state index in [1.165, 1.54) is 379 Å². The molecule has 482 valence electrons. The van der Waals surface area contributed by atoms with E-state index in [-0.39, 0.29) is 0 Å². The van der Waals surface area contributed by atoms with Crippen LogP contribution < -0.4 is 5.11 Å². The van der Waals surface area contributed by atoms with Gasteiger partial charge in [0.2, 0.25) is 0 Å². The van der Waals surface area contributed by atoms with Gasteiger partial charge in [-0.2, -0.15) is 0 Å². The molecular weight excluding hydrogens is 985 g/mol. The number of carbonyl (C=O) groups is 1. The topological polar surface area (TPSA) is 60.4 Å². The lowest BCUT2D eigenvalue weighted by Crippen LogP contribution is -2.38. The van der Waals surface area contributed by atoms with Gasteiger partial charge in [-0.25, -0.2) is 0 Å². The maximum Gasteiger partial charge on any atom is 0.0620 e. The second-order valence-electron chi connectivity index (χ2n) is 28.6. The van der Waals surface area contributed by atoms with Gasteiger partial charge in [-0.1, -0.05) is 431 Å². The fraction of sp³-hybridized carbons (Fsp3) is 0.987. The summed E-state index contributed by atoms with van der Waals surface area (Å²) in [7, 11) is 0. The quantitative estimate of drug-likeness (QED) is 0.0618. The van der Waals surface area contributed by atoms with E-state index in [2.05, 4.69) is 13.8 Å². The highest BCUT2D eigenvalue weighted by molar-refractivity contribution is 5.68. The van der Waals surface area contributed by atoms with Crippen LogP contribution in [0.2, 0.25) is 0 Å². The third-order valence-electron chi connectivity index (χ3n) is 20.7. The minimum absolute atomic E-state index is 0.573. The molecule has 0 spiro atoms. The Kier molecular flexibility index (Phi) is 57.7. The Labute approximate surface area is 511 Å². The first-order valence-electron chi connectivity index (χ1n) is 39.0. The summed E-state index contributed by atoms with van der Waals surface area (Å²) in [6.07, 6.45) is 95.5. The maximum atomic E-state index is 11.8. The normalized spacial score (nSPS) is 17.6. The van der Waals surface area contributed by atoms with Crippen LogP contribution in [-0.2, 0) is 4.79 Å². The average molecular weight is 1140 g/mol. The number of aliphatic carboxylic acids is 1. The predicted octanol–water partition coefficient (Wildman–Crippen LogP) is 26.2. The van der Waals surface area contributed by atoms with Crippen molar-refractivity contribution in [3.63, 3.8) is 0 Å². The van der Waals surface area contributed by atoms with E-state index in [9.17, 15) is 15.0 Å². The number of carboxylic acid groups (broad SMARTS) is 1. The number of aliphatic hydroxyl groups excluding tert-OH is 1. The van der Waals surface area contributed by atoms with Gasteiger partial charge >= 0.3 is 0 Å². The van der Waals surface area contributed by atoms with Crippen LogP contribution in [-0.4, -0.2) is 17.2 Å². The van der Waals surface area contributed by atoms with Gasteiger partial charge in [0, 0.05) is 11.9 Å². The summed E-state index contributed by atoms with van der Waals surface area (Å²) in [5.74, 6) is 2.69. The SMILES string of the molecule is CCCCCCCCCCCCCCCCCCCCCC[C@@H](C(=O)[O-])[C@H](O)CCCCCCCCCCCCCCCCCCCC1CC1CCCCCCCCCCC1CC1CCCCCCCCCCCCCCCCCC. The van der Waals surface area contributed by atoms with Crippen molar-refractivity contribution in [3.05, 3.63) is 0 Å². The van der Waals surface area contributed by atoms with Gasteiger partial charge in [0.1, 0.15) is 0 Å². The van der Waals surface area contributed by atoms with Crippen LogP contribution in [0.5, 0.6) is 0 Å². The zero-order valence-corrected chi connectivity index (χ0v) is 56.0. The highest BCUT2D eigenvalue weighted by Gasteiger charge is 2.36. The van der Waals surface area contributed by atoms with Crippen LogP contribution >= 0.6 is 0 Å². The van der Waals surface area contributed by atoms with Crippen molar-refractivity contribution in [1.82, 2.24) is 0 Å². The molecule has 0 bridgehead atoms. The molecule has 3 heteroatoms. The Morgan fingerprint density at radius 1 is 0.272 bits per heavy atom. The third kappa shape index (κ3) is 53.4. The van der Waals surface area contributed by atoms with Gasteiger partial charge in [0.15, 0.2) is 0 Å². The zero-order valence-electron chi connectivity index (χ0n) is 56.0. The first kappa shape index (κ1) is 76.5. The molecule has 0 heterocycles. The molecule has 0 aromatic rings. The molecule has 81 heavy (non-hydrogen) atoms. The Bertz CT molecular complexity index is 1230. The molecule has 0 radical (unpaired) electrons. The molecule has 2 rings (SSSR count). The van der Waals surface area contributed by atoms with Crippen molar-refractivity contribution in [3.8, 4) is 0 Å². The molecule has 0 saturated heterocycles. The van der Waals surface area contributed by atoms with Crippen LogP contribution in [0.1, 0.15) is 457 Å². The van der Waals surface area contributed by atoms with Crippen molar-refractivity contribution < 1.29 is 15.0 Å². The molecule has 1 N–H and O–H groups in total. The minimum Gasteiger partial charge on any atom is -0.550 e. The lowest BCUT2D eigenvalue weighted by atomic mass is 9.91. The Hall–Kier alpha value is -0.570. The number of hydrogen-bond acceptors (Lipinski definition) is 3. The number of rotatable bonds is 71. The lowest BCUT2D eigenvalue weighted by Gasteiger charge is -2.24. The van der Waals surface area contributed by atoms with E-state index in [1.54, 1.807) is 25.7 Å². The molecule has 6 atom stereocenters. The number of aliphatic hydroxyl groups is 1. The smallest absolute Gasteiger partial charge is 0.0620 e. The molecule has 2 aliphatic carbocycles. The summed E-state index contributed by atoms with van der Waals surface area (Å²) in [5.41, 5.74) is 0. The second kappa shape index (κ2) is 61.1. The van der Waals surface area contributed by atoms with Gasteiger partial charge in [0.05, 0.1) is 6.10 Å². The Balaban J connectivity index is 1.19. The van der Waals surface area contributed by atoms with E-state index in [0.29, 0.717) is 12.8 Å². The Morgan fingerprint density at radius 3 is 0.617 bits per heavy atom. The van der Waals surface area contributed by atoms with Crippen LogP contribution in [0.25, 0.3) is 0 Å². The summed E-state index contributed by atoms with van der Waals surface area (Å²) in [6, 6.07) is 0. The number of hydrogen-bond donors (Lipinski definition) is 1. The van der Waals surface area contributed by atoms with Crippen molar-refractivity contribution in [2.45, 2.75) is 463 Å². The molecular formula is C78H151O3-. The van der Waals surface area contributed by atoms with Crippen LogP contribution in [0.15, 0.2) is 0 Å². The molecule has 0 aromatic heterocycles. The number of unbranched alkanes of at least 4 members (excludes halogenated alkanes) is 57. The van der Waals surface area contributed by atoms with E-state index in [4.69, 9.17) is 0 Å². The third-order valence-corrected chi connectivity index (χ3v) is 20.7. The van der Waals surface area contributed by atoms with Gasteiger partial charge in [-0.15, -0.1) is 0 Å². The summed E-state index contributed by atoms with van der Waals surface area (Å²) < 4.78 is 0. The summed E-state index contributed by atoms with van der Waals surface area (Å²) in [4.78, 5) is 11.8. The van der Waals surface area contributed by atoms with Crippen molar-refractivity contribution in [2.75, 3.05) is 0 Å². The van der Waals surface area contributed by atoms with E-state index in [1.807, 2.05) is 0 Å². The first-order chi connectivity index (χ1) is 40.1. The molecule has 4 unspecified atom stereocenters. The van der Waals surface area contributed by atoms with Gasteiger partial charge in [0.25, 0.3) is 0 Å². The van der Waals surface area contributed by atoms with Crippen LogP contribution in [0, 0.1) is 29.6 Å². The first-order valence-corrected chi connectivity index (χ1v) is 39.0. The van der Waals surface area contributed by atoms with E-state index < -0.39 is 18.0 Å². The zero-order chi connectivity index (χ0) is 57.8. The average Bonchev–Trinajstić information content (AvgIpc) is 4.43. The monoisotopic (exact) mass is 1140 g/mol. The number of carbonyl (C=O) groups excluding carboxylic acids is 1. The lowest BCUT2D eigenvalue weighted by molar-refractivity contribution is -0.314. The van der Waals surface area contributed by atoms with Gasteiger partial charge in [-0.05, 0) is 49.4 Å². The van der Waals surface area contributed by atoms with Crippen LogP contribution in [0.4, 0.5) is 0 Å². The van der Waals surface area contributed by atoms with Crippen molar-refractivity contribution in [2.24, 2.45) is 29.6 Å². The van der Waals surface area contributed by atoms with Crippen molar-refractivity contribution in [1.29, 1.82) is 0 Å². The highest BCUT2D eigenvalue weighted by atomic mass is 16.4. The molecule has 0 aromatic carbocycles. The standard InChI is InChI=1S/C78H152O3/c1-3-5-7-9-11-13-15-17-19-21-22-23-26-30-34-38-42-50-56-62-68-76(78(80)81)77(79)69-63-57-51-43-39-35-31-27-24-25-29-33-37-41-47-53-59-65-73-71-75(73)67-61-55-49-45-44-48-54-60-66-74-70-72(74)64-58-52-46-40-36-32-28-20-18-16-14-12-10-8-6-4-2/h72-77,79H,3-71H2,1-2H3,(H,80,81)/p-1/t72?,73?,74?,75?,76-,77-/m1/s1. The molecule has 2 fully saturated rings. The summed E-state index contributed by atoms with van der Waals surface area (Å²) in [6.45, 7) is 4.61. The fourth-order valence-electron chi connectivity index (χ4n) is 14.6. The molecule has 2 saturated carbocycles. The molecule has 0 amide bonds. The summed E-state index contributed by atoms with van der Waals surface area (Å²) >= 11 is 0. The van der Waals surface area contributed by atoms with Crippen molar-refractivity contribution >= 4 is 5.97 Å². The molecule has 3 nitrogen and oxygen atoms in total. The molecule has 2 aliphatic rings. The van der Waals surface area contributed by atoms with Gasteiger partial charge < -0.3 is 15.0 Å². The Morgan fingerprint density at radius 2 is 0.432 bits per heavy atom. The minimum atomic E-state index is -1.05.